The Labute approximate surface area is 147 Å². The highest BCUT2D eigenvalue weighted by Crippen LogP contribution is 2.35. The summed E-state index contributed by atoms with van der Waals surface area (Å²) in [5.74, 6) is -0.751. The van der Waals surface area contributed by atoms with Gasteiger partial charge in [0, 0.05) is 5.75 Å². The van der Waals surface area contributed by atoms with Crippen molar-refractivity contribution in [1.82, 2.24) is 4.98 Å². The van der Waals surface area contributed by atoms with Crippen LogP contribution in [0.15, 0.2) is 30.3 Å². The van der Waals surface area contributed by atoms with Crippen LogP contribution in [0.25, 0.3) is 0 Å². The molecule has 0 saturated carbocycles. The number of rotatable bonds is 5. The van der Waals surface area contributed by atoms with E-state index in [0.29, 0.717) is 5.75 Å². The number of nitrogens with two attached hydrogens (primary N) is 1. The van der Waals surface area contributed by atoms with Gasteiger partial charge in [-0.15, -0.1) is 0 Å². The molecule has 0 aliphatic carbocycles. The molecule has 0 bridgehead atoms. The fraction of sp³-hybridized carbons (Fsp3) is 0.200. The quantitative estimate of drug-likeness (QED) is 0.788. The van der Waals surface area contributed by atoms with Crippen molar-refractivity contribution in [1.29, 1.82) is 0 Å². The van der Waals surface area contributed by atoms with Gasteiger partial charge in [0.15, 0.2) is 6.10 Å². The van der Waals surface area contributed by atoms with E-state index in [2.05, 4.69) is 4.98 Å². The number of anilines is 1. The number of carbonyl (C=O) groups excluding carboxylic acids is 1. The topological polar surface area (TPSA) is 65.2 Å². The van der Waals surface area contributed by atoms with Crippen molar-refractivity contribution >= 4 is 45.8 Å². The number of pyridine rings is 1. The average molecular weight is 375 g/mol. The number of halogens is 3. The Balaban J connectivity index is 2.01. The molecule has 0 radical (unpaired) electrons. The summed E-state index contributed by atoms with van der Waals surface area (Å²) in [5.41, 5.74) is 6.39. The molecule has 2 aromatic rings. The summed E-state index contributed by atoms with van der Waals surface area (Å²) >= 11 is 12.6. The predicted molar refractivity (Wildman–Crippen MR) is 91.5 cm³/mol. The third-order valence-corrected chi connectivity index (χ3v) is 4.70. The predicted octanol–water partition coefficient (Wildman–Crippen LogP) is 4.34. The van der Waals surface area contributed by atoms with Crippen molar-refractivity contribution in [2.24, 2.45) is 0 Å². The minimum Gasteiger partial charge on any atom is -0.464 e. The summed E-state index contributed by atoms with van der Waals surface area (Å²) in [7, 11) is 0. The second-order valence-corrected chi connectivity index (χ2v) is 6.34. The summed E-state index contributed by atoms with van der Waals surface area (Å²) in [5, 5.41) is -0.732. The van der Waals surface area contributed by atoms with Gasteiger partial charge in [-0.2, -0.15) is 9.37 Å². The second kappa shape index (κ2) is 7.86. The lowest BCUT2D eigenvalue weighted by atomic mass is 10.2. The summed E-state index contributed by atoms with van der Waals surface area (Å²) < 4.78 is 18.8. The van der Waals surface area contributed by atoms with E-state index in [1.165, 1.54) is 6.92 Å². The zero-order valence-electron chi connectivity index (χ0n) is 12.1. The summed E-state index contributed by atoms with van der Waals surface area (Å²) in [4.78, 5) is 15.6. The van der Waals surface area contributed by atoms with Crippen LogP contribution in [0.4, 0.5) is 10.1 Å². The molecule has 1 unspecified atom stereocenters. The number of benzene rings is 1. The molecular weight excluding hydrogens is 362 g/mol. The van der Waals surface area contributed by atoms with Gasteiger partial charge in [0.25, 0.3) is 0 Å². The Hall–Kier alpha value is -1.50. The Morgan fingerprint density at radius 3 is 2.65 bits per heavy atom. The molecule has 2 N–H and O–H groups in total. The fourth-order valence-corrected chi connectivity index (χ4v) is 2.80. The number of thioether (sulfide) groups is 1. The molecule has 23 heavy (non-hydrogen) atoms. The molecule has 0 aliphatic rings. The third kappa shape index (κ3) is 4.50. The maximum absolute atomic E-state index is 13.5. The first-order valence-electron chi connectivity index (χ1n) is 6.57. The molecule has 8 heteroatoms. The molecule has 0 spiro atoms. The molecule has 0 fully saturated rings. The number of carbonyl (C=O) groups is 1. The first-order valence-corrected chi connectivity index (χ1v) is 8.31. The molecule has 0 aliphatic heterocycles. The van der Waals surface area contributed by atoms with Crippen molar-refractivity contribution in [2.75, 3.05) is 5.73 Å². The van der Waals surface area contributed by atoms with Crippen molar-refractivity contribution in [2.45, 2.75) is 18.8 Å². The van der Waals surface area contributed by atoms with E-state index in [4.69, 9.17) is 33.7 Å². The number of aromatic nitrogens is 1. The van der Waals surface area contributed by atoms with Gasteiger partial charge in [0.1, 0.15) is 10.0 Å². The smallest absolute Gasteiger partial charge is 0.238 e. The number of hydrogen-bond donors (Lipinski definition) is 1. The average Bonchev–Trinajstić information content (AvgIpc) is 2.56. The van der Waals surface area contributed by atoms with Crippen molar-refractivity contribution in [3.8, 4) is 5.88 Å². The van der Waals surface area contributed by atoms with Crippen LogP contribution in [0.5, 0.6) is 5.88 Å². The summed E-state index contributed by atoms with van der Waals surface area (Å²) in [6.07, 6.45) is -0.867. The summed E-state index contributed by atoms with van der Waals surface area (Å²) in [6, 6.07) is 9.51. The van der Waals surface area contributed by atoms with Crippen LogP contribution in [0.3, 0.4) is 0 Å². The minimum absolute atomic E-state index is 0.121. The summed E-state index contributed by atoms with van der Waals surface area (Å²) in [6.45, 7) is 1.53. The Morgan fingerprint density at radius 1 is 1.35 bits per heavy atom. The van der Waals surface area contributed by atoms with Gasteiger partial charge in [-0.1, -0.05) is 65.3 Å². The van der Waals surface area contributed by atoms with E-state index in [-0.39, 0.29) is 26.7 Å². The largest absolute Gasteiger partial charge is 0.464 e. The first-order chi connectivity index (χ1) is 10.9. The molecule has 0 amide bonds. The number of nitrogen functional groups attached to an aromatic ring is 1. The van der Waals surface area contributed by atoms with Gasteiger partial charge in [-0.3, -0.25) is 4.79 Å². The molecule has 1 heterocycles. The minimum atomic E-state index is -1.000. The highest BCUT2D eigenvalue weighted by molar-refractivity contribution is 8.13. The molecule has 1 aromatic heterocycles. The van der Waals surface area contributed by atoms with Gasteiger partial charge in [-0.25, -0.2) is 0 Å². The number of nitrogens with zero attached hydrogens (tertiary/aromatic N) is 1. The molecular formula is C15H13Cl2FN2O2S. The first kappa shape index (κ1) is 17.8. The molecule has 122 valence electrons. The lowest BCUT2D eigenvalue weighted by Crippen LogP contribution is -2.22. The van der Waals surface area contributed by atoms with Crippen LogP contribution < -0.4 is 10.5 Å². The van der Waals surface area contributed by atoms with Crippen molar-refractivity contribution in [3.05, 3.63) is 51.9 Å². The highest BCUT2D eigenvalue weighted by atomic mass is 35.5. The molecule has 0 saturated heterocycles. The van der Waals surface area contributed by atoms with E-state index >= 15 is 0 Å². The Kier molecular flexibility index (Phi) is 6.10. The third-order valence-electron chi connectivity index (χ3n) is 2.89. The molecule has 2 rings (SSSR count). The van der Waals surface area contributed by atoms with Crippen LogP contribution >= 0.6 is 35.0 Å². The normalized spacial score (nSPS) is 12.0. The number of hydrogen-bond acceptors (Lipinski definition) is 5. The highest BCUT2D eigenvalue weighted by Gasteiger charge is 2.21. The molecule has 1 atom stereocenters. The second-order valence-electron chi connectivity index (χ2n) is 4.60. The molecule has 1 aromatic carbocycles. The monoisotopic (exact) mass is 374 g/mol. The molecule has 4 nitrogen and oxygen atoms in total. The Bertz CT molecular complexity index is 716. The van der Waals surface area contributed by atoms with Gasteiger partial charge >= 0.3 is 0 Å². The van der Waals surface area contributed by atoms with Crippen LogP contribution in [0.2, 0.25) is 10.0 Å². The lowest BCUT2D eigenvalue weighted by Gasteiger charge is -2.15. The number of ether oxygens (including phenoxy) is 1. The van der Waals surface area contributed by atoms with Crippen molar-refractivity contribution < 1.29 is 13.9 Å². The van der Waals surface area contributed by atoms with Gasteiger partial charge in [0.05, 0.1) is 5.69 Å². The van der Waals surface area contributed by atoms with E-state index in [1.807, 2.05) is 30.3 Å². The lowest BCUT2D eigenvalue weighted by molar-refractivity contribution is -0.116. The zero-order valence-corrected chi connectivity index (χ0v) is 14.4. The SMILES string of the molecule is CC(Oc1nc(F)c(Cl)c(N)c1Cl)C(=O)SCc1ccccc1. The Morgan fingerprint density at radius 2 is 2.00 bits per heavy atom. The van der Waals surface area contributed by atoms with Crippen LogP contribution in [-0.4, -0.2) is 16.2 Å². The van der Waals surface area contributed by atoms with E-state index < -0.39 is 12.1 Å². The standard InChI is InChI=1S/C15H13Cl2FN2O2S/c1-8(15(21)23-7-9-5-3-2-4-6-9)22-14-11(17)12(19)10(16)13(18)20-14/h2-6,8H,7H2,1H3,(H2,19,20). The van der Waals surface area contributed by atoms with E-state index in [1.54, 1.807) is 0 Å². The van der Waals surface area contributed by atoms with E-state index in [0.717, 1.165) is 17.3 Å². The van der Waals surface area contributed by atoms with E-state index in [9.17, 15) is 9.18 Å². The van der Waals surface area contributed by atoms with Crippen LogP contribution in [0.1, 0.15) is 12.5 Å². The van der Waals surface area contributed by atoms with Gasteiger partial charge in [-0.05, 0) is 12.5 Å². The maximum Gasteiger partial charge on any atom is 0.238 e. The zero-order chi connectivity index (χ0) is 17.0. The van der Waals surface area contributed by atoms with Crippen LogP contribution in [0, 0.1) is 5.95 Å². The van der Waals surface area contributed by atoms with Crippen LogP contribution in [-0.2, 0) is 10.5 Å². The fourth-order valence-electron chi connectivity index (χ4n) is 1.65. The van der Waals surface area contributed by atoms with Gasteiger partial charge < -0.3 is 10.5 Å². The maximum atomic E-state index is 13.5. The van der Waals surface area contributed by atoms with Crippen molar-refractivity contribution in [3.63, 3.8) is 0 Å². The van der Waals surface area contributed by atoms with Gasteiger partial charge in [0.2, 0.25) is 16.9 Å².